The number of nitrogens with one attached hydrogen (secondary N) is 2. The highest BCUT2D eigenvalue weighted by Gasteiger charge is 2.22. The van der Waals surface area contributed by atoms with Crippen molar-refractivity contribution in [3.63, 3.8) is 0 Å². The van der Waals surface area contributed by atoms with Crippen molar-refractivity contribution in [2.45, 2.75) is 19.8 Å². The van der Waals surface area contributed by atoms with Gasteiger partial charge in [0.05, 0.1) is 11.3 Å². The van der Waals surface area contributed by atoms with Crippen LogP contribution in [0.4, 0.5) is 0 Å². The molecule has 2 aromatic rings. The fourth-order valence-corrected chi connectivity index (χ4v) is 3.29. The highest BCUT2D eigenvalue weighted by atomic mass is 16.2. The number of nitrogens with zero attached hydrogens (tertiary/aromatic N) is 3. The maximum atomic E-state index is 12.5. The number of hydrazine groups is 1. The lowest BCUT2D eigenvalue weighted by molar-refractivity contribution is -0.139. The average molecular weight is 411 g/mol. The van der Waals surface area contributed by atoms with Crippen molar-refractivity contribution in [2.24, 2.45) is 0 Å². The van der Waals surface area contributed by atoms with Crippen LogP contribution in [0.5, 0.6) is 0 Å². The molecule has 1 aliphatic rings. The Kier molecular flexibility index (Phi) is 6.84. The molecule has 0 bridgehead atoms. The Bertz CT molecular complexity index is 917. The number of piperazine rings is 1. The number of carbonyl (C=O) groups excluding carboxylic acids is 4. The lowest BCUT2D eigenvalue weighted by Crippen LogP contribution is -2.50. The van der Waals surface area contributed by atoms with Crippen molar-refractivity contribution < 1.29 is 19.2 Å². The van der Waals surface area contributed by atoms with E-state index in [4.69, 9.17) is 0 Å². The lowest BCUT2D eigenvalue weighted by atomic mass is 10.1. The van der Waals surface area contributed by atoms with Crippen molar-refractivity contribution in [1.82, 2.24) is 25.2 Å². The molecule has 1 aromatic carbocycles. The van der Waals surface area contributed by atoms with Gasteiger partial charge in [0.25, 0.3) is 5.91 Å². The Morgan fingerprint density at radius 1 is 0.833 bits per heavy atom. The molecule has 1 aliphatic heterocycles. The van der Waals surface area contributed by atoms with E-state index in [0.717, 1.165) is 0 Å². The van der Waals surface area contributed by atoms with Crippen LogP contribution in [0, 0.1) is 0 Å². The van der Waals surface area contributed by atoms with Gasteiger partial charge in [-0.1, -0.05) is 12.1 Å². The molecular formula is C21H25N5O4. The second kappa shape index (κ2) is 9.73. The standard InChI is InChI=1S/C21H25N5O4/c1-16(27)24-12-14-26(15-13-24)20(29)9-8-19(28)22-23-21(30)17-6-2-3-7-18(17)25-10-4-5-11-25/h2-7,10-11H,8-9,12-15H2,1H3,(H,22,28)(H,23,30). The van der Waals surface area contributed by atoms with Gasteiger partial charge >= 0.3 is 0 Å². The summed E-state index contributed by atoms with van der Waals surface area (Å²) in [6.07, 6.45) is 3.66. The summed E-state index contributed by atoms with van der Waals surface area (Å²) in [5.41, 5.74) is 5.86. The van der Waals surface area contributed by atoms with Crippen molar-refractivity contribution in [3.05, 3.63) is 54.4 Å². The molecule has 1 saturated heterocycles. The summed E-state index contributed by atoms with van der Waals surface area (Å²) in [6.45, 7) is 3.45. The molecular weight excluding hydrogens is 386 g/mol. The van der Waals surface area contributed by atoms with Crippen LogP contribution in [0.15, 0.2) is 48.8 Å². The highest BCUT2D eigenvalue weighted by Crippen LogP contribution is 2.14. The predicted molar refractivity (Wildman–Crippen MR) is 109 cm³/mol. The number of hydrogen-bond donors (Lipinski definition) is 2. The molecule has 1 aromatic heterocycles. The second-order valence-electron chi connectivity index (χ2n) is 7.00. The molecule has 9 heteroatoms. The minimum atomic E-state index is -0.447. The number of para-hydroxylation sites is 1. The molecule has 4 amide bonds. The third-order valence-electron chi connectivity index (χ3n) is 4.99. The minimum Gasteiger partial charge on any atom is -0.339 e. The molecule has 30 heavy (non-hydrogen) atoms. The summed E-state index contributed by atoms with van der Waals surface area (Å²) in [5, 5.41) is 0. The fraction of sp³-hybridized carbons (Fsp3) is 0.333. The molecule has 2 N–H and O–H groups in total. The van der Waals surface area contributed by atoms with Crippen molar-refractivity contribution in [1.29, 1.82) is 0 Å². The molecule has 0 atom stereocenters. The minimum absolute atomic E-state index is 0.00410. The Balaban J connectivity index is 1.45. The summed E-state index contributed by atoms with van der Waals surface area (Å²) in [7, 11) is 0. The van der Waals surface area contributed by atoms with E-state index in [2.05, 4.69) is 10.9 Å². The summed E-state index contributed by atoms with van der Waals surface area (Å²) in [4.78, 5) is 51.5. The molecule has 0 saturated carbocycles. The molecule has 9 nitrogen and oxygen atoms in total. The first-order chi connectivity index (χ1) is 14.5. The largest absolute Gasteiger partial charge is 0.339 e. The zero-order valence-electron chi connectivity index (χ0n) is 16.8. The second-order valence-corrected chi connectivity index (χ2v) is 7.00. The third-order valence-corrected chi connectivity index (χ3v) is 4.99. The lowest BCUT2D eigenvalue weighted by Gasteiger charge is -2.34. The Labute approximate surface area is 174 Å². The monoisotopic (exact) mass is 411 g/mol. The molecule has 3 rings (SSSR count). The van der Waals surface area contributed by atoms with Crippen LogP contribution in [-0.2, 0) is 14.4 Å². The smallest absolute Gasteiger partial charge is 0.271 e. The molecule has 1 fully saturated rings. The van der Waals surface area contributed by atoms with Crippen LogP contribution in [0.25, 0.3) is 5.69 Å². The van der Waals surface area contributed by atoms with Crippen LogP contribution in [0.2, 0.25) is 0 Å². The third kappa shape index (κ3) is 5.25. The number of rotatable bonds is 5. The topological polar surface area (TPSA) is 104 Å². The molecule has 2 heterocycles. The maximum absolute atomic E-state index is 12.5. The predicted octanol–water partition coefficient (Wildman–Crippen LogP) is 0.709. The number of carbonyl (C=O) groups is 4. The van der Waals surface area contributed by atoms with E-state index in [1.807, 2.05) is 30.6 Å². The van der Waals surface area contributed by atoms with Gasteiger partial charge in [0.15, 0.2) is 0 Å². The van der Waals surface area contributed by atoms with E-state index in [1.54, 1.807) is 32.6 Å². The van der Waals surface area contributed by atoms with Crippen LogP contribution >= 0.6 is 0 Å². The fourth-order valence-electron chi connectivity index (χ4n) is 3.29. The van der Waals surface area contributed by atoms with Gasteiger partial charge in [-0.25, -0.2) is 0 Å². The Morgan fingerprint density at radius 3 is 2.13 bits per heavy atom. The molecule has 158 valence electrons. The van der Waals surface area contributed by atoms with E-state index in [9.17, 15) is 19.2 Å². The normalized spacial score (nSPS) is 13.6. The summed E-state index contributed by atoms with van der Waals surface area (Å²) in [5.74, 6) is -1.04. The first-order valence-corrected chi connectivity index (χ1v) is 9.80. The van der Waals surface area contributed by atoms with Crippen LogP contribution in [0.3, 0.4) is 0 Å². The number of amides is 4. The molecule has 0 radical (unpaired) electrons. The zero-order valence-corrected chi connectivity index (χ0v) is 16.8. The Morgan fingerprint density at radius 2 is 1.47 bits per heavy atom. The van der Waals surface area contributed by atoms with Gasteiger partial charge in [-0.2, -0.15) is 0 Å². The van der Waals surface area contributed by atoms with E-state index in [0.29, 0.717) is 37.4 Å². The van der Waals surface area contributed by atoms with Crippen molar-refractivity contribution in [2.75, 3.05) is 26.2 Å². The van der Waals surface area contributed by atoms with Gasteiger partial charge in [-0.3, -0.25) is 30.0 Å². The van der Waals surface area contributed by atoms with Crippen LogP contribution in [0.1, 0.15) is 30.1 Å². The Hall–Kier alpha value is -3.62. The number of aromatic nitrogens is 1. The number of hydrogen-bond acceptors (Lipinski definition) is 4. The molecule has 0 unspecified atom stereocenters. The maximum Gasteiger partial charge on any atom is 0.271 e. The number of benzene rings is 1. The van der Waals surface area contributed by atoms with Gasteiger partial charge in [-0.05, 0) is 24.3 Å². The summed E-state index contributed by atoms with van der Waals surface area (Å²) >= 11 is 0. The first-order valence-electron chi connectivity index (χ1n) is 9.80. The van der Waals surface area contributed by atoms with Crippen LogP contribution < -0.4 is 10.9 Å². The van der Waals surface area contributed by atoms with Crippen LogP contribution in [-0.4, -0.2) is 64.2 Å². The van der Waals surface area contributed by atoms with E-state index < -0.39 is 11.8 Å². The summed E-state index contributed by atoms with van der Waals surface area (Å²) in [6, 6.07) is 10.8. The SMILES string of the molecule is CC(=O)N1CCN(C(=O)CCC(=O)NNC(=O)c2ccccc2-n2cccc2)CC1. The highest BCUT2D eigenvalue weighted by molar-refractivity contribution is 5.98. The zero-order chi connectivity index (χ0) is 21.5. The van der Waals surface area contributed by atoms with Crippen molar-refractivity contribution in [3.8, 4) is 5.69 Å². The quantitative estimate of drug-likeness (QED) is 0.707. The van der Waals surface area contributed by atoms with Gasteiger partial charge in [0.2, 0.25) is 17.7 Å². The van der Waals surface area contributed by atoms with Gasteiger partial charge < -0.3 is 14.4 Å². The van der Waals surface area contributed by atoms with E-state index in [1.165, 1.54) is 6.92 Å². The van der Waals surface area contributed by atoms with Gasteiger partial charge in [0, 0.05) is 58.3 Å². The average Bonchev–Trinajstić information content (AvgIpc) is 3.30. The van der Waals surface area contributed by atoms with Gasteiger partial charge in [-0.15, -0.1) is 0 Å². The van der Waals surface area contributed by atoms with Crippen molar-refractivity contribution >= 4 is 23.6 Å². The van der Waals surface area contributed by atoms with E-state index >= 15 is 0 Å². The van der Waals surface area contributed by atoms with E-state index in [-0.39, 0.29) is 24.7 Å². The van der Waals surface area contributed by atoms with Gasteiger partial charge in [0.1, 0.15) is 0 Å². The summed E-state index contributed by atoms with van der Waals surface area (Å²) < 4.78 is 1.81. The first kappa shape index (κ1) is 21.1. The molecule has 0 aliphatic carbocycles. The molecule has 0 spiro atoms.